The smallest absolute Gasteiger partial charge is 0.270 e. The van der Waals surface area contributed by atoms with Crippen molar-refractivity contribution in [2.45, 2.75) is 19.8 Å². The van der Waals surface area contributed by atoms with Gasteiger partial charge in [0, 0.05) is 25.9 Å². The maximum Gasteiger partial charge on any atom is 0.270 e. The minimum atomic E-state index is -0.140. The van der Waals surface area contributed by atoms with Gasteiger partial charge in [-0.15, -0.1) is 6.58 Å². The molecule has 1 aliphatic rings. The Morgan fingerprint density at radius 3 is 2.87 bits per heavy atom. The second-order valence-electron chi connectivity index (χ2n) is 3.23. The molecule has 2 amide bonds. The standard InChI is InChI=1S/C10H15N3O2/c1-3-7-13(4-2)10(15)8-5-6-9(14)12-11-8/h3H,1,4-7H2,2H3,(H,12,14). The van der Waals surface area contributed by atoms with Gasteiger partial charge in [-0.3, -0.25) is 9.59 Å². The SMILES string of the molecule is C=CCN(CC)C(=O)C1=NNC(=O)CC1. The predicted octanol–water partition coefficient (Wildman–Crippen LogP) is 0.287. The maximum atomic E-state index is 11.8. The van der Waals surface area contributed by atoms with Crippen molar-refractivity contribution in [3.05, 3.63) is 12.7 Å². The van der Waals surface area contributed by atoms with Gasteiger partial charge in [-0.05, 0) is 6.92 Å². The topological polar surface area (TPSA) is 61.8 Å². The van der Waals surface area contributed by atoms with E-state index in [4.69, 9.17) is 0 Å². The molecule has 0 atom stereocenters. The quantitative estimate of drug-likeness (QED) is 0.676. The molecule has 0 unspecified atom stereocenters. The molecule has 0 radical (unpaired) electrons. The Morgan fingerprint density at radius 1 is 1.67 bits per heavy atom. The Kier molecular flexibility index (Phi) is 4.03. The lowest BCUT2D eigenvalue weighted by Crippen LogP contribution is -2.40. The third kappa shape index (κ3) is 2.90. The van der Waals surface area contributed by atoms with Gasteiger partial charge in [0.2, 0.25) is 5.91 Å². The Morgan fingerprint density at radius 2 is 2.40 bits per heavy atom. The van der Waals surface area contributed by atoms with Crippen molar-refractivity contribution in [3.8, 4) is 0 Å². The van der Waals surface area contributed by atoms with E-state index in [9.17, 15) is 9.59 Å². The zero-order chi connectivity index (χ0) is 11.3. The highest BCUT2D eigenvalue weighted by Gasteiger charge is 2.21. The van der Waals surface area contributed by atoms with E-state index in [-0.39, 0.29) is 11.8 Å². The van der Waals surface area contributed by atoms with Crippen LogP contribution in [0.2, 0.25) is 0 Å². The summed E-state index contributed by atoms with van der Waals surface area (Å²) < 4.78 is 0. The first-order valence-corrected chi connectivity index (χ1v) is 4.94. The number of likely N-dealkylation sites (N-methyl/N-ethyl adjacent to an activating group) is 1. The summed E-state index contributed by atoms with van der Waals surface area (Å²) in [5, 5.41) is 3.75. The van der Waals surface area contributed by atoms with Gasteiger partial charge in [-0.2, -0.15) is 5.10 Å². The van der Waals surface area contributed by atoms with Crippen LogP contribution in [0.25, 0.3) is 0 Å². The monoisotopic (exact) mass is 209 g/mol. The average Bonchev–Trinajstić information content (AvgIpc) is 2.26. The van der Waals surface area contributed by atoms with Crippen molar-refractivity contribution in [2.24, 2.45) is 5.10 Å². The van der Waals surface area contributed by atoms with Gasteiger partial charge in [0.25, 0.3) is 5.91 Å². The normalized spacial score (nSPS) is 15.3. The average molecular weight is 209 g/mol. The molecule has 5 heteroatoms. The molecule has 1 rings (SSSR count). The van der Waals surface area contributed by atoms with Crippen LogP contribution in [0, 0.1) is 0 Å². The molecule has 0 fully saturated rings. The first-order chi connectivity index (χ1) is 7.19. The number of rotatable bonds is 4. The molecule has 15 heavy (non-hydrogen) atoms. The van der Waals surface area contributed by atoms with Crippen LogP contribution in [0.4, 0.5) is 0 Å². The lowest BCUT2D eigenvalue weighted by Gasteiger charge is -2.21. The lowest BCUT2D eigenvalue weighted by atomic mass is 10.1. The van der Waals surface area contributed by atoms with Gasteiger partial charge in [0.05, 0.1) is 0 Å². The lowest BCUT2D eigenvalue weighted by molar-refractivity contribution is -0.124. The van der Waals surface area contributed by atoms with Crippen LogP contribution in [0.3, 0.4) is 0 Å². The number of amides is 2. The molecule has 82 valence electrons. The summed E-state index contributed by atoms with van der Waals surface area (Å²) in [6.07, 6.45) is 2.41. The summed E-state index contributed by atoms with van der Waals surface area (Å²) in [4.78, 5) is 24.3. The third-order valence-electron chi connectivity index (χ3n) is 2.17. The minimum Gasteiger partial charge on any atom is -0.334 e. The number of hydrogen-bond acceptors (Lipinski definition) is 3. The molecule has 0 aromatic carbocycles. The second kappa shape index (κ2) is 5.29. The van der Waals surface area contributed by atoms with Gasteiger partial charge in [0.1, 0.15) is 5.71 Å². The highest BCUT2D eigenvalue weighted by Crippen LogP contribution is 2.03. The zero-order valence-corrected chi connectivity index (χ0v) is 8.82. The molecule has 1 aliphatic heterocycles. The number of carbonyl (C=O) groups is 2. The molecule has 0 saturated heterocycles. The van der Waals surface area contributed by atoms with Crippen LogP contribution < -0.4 is 5.43 Å². The largest absolute Gasteiger partial charge is 0.334 e. The van der Waals surface area contributed by atoms with Crippen LogP contribution in [-0.2, 0) is 9.59 Å². The Hall–Kier alpha value is -1.65. The van der Waals surface area contributed by atoms with Gasteiger partial charge < -0.3 is 4.90 Å². The summed E-state index contributed by atoms with van der Waals surface area (Å²) in [6.45, 7) is 6.59. The first kappa shape index (κ1) is 11.4. The maximum absolute atomic E-state index is 11.8. The Balaban J connectivity index is 2.66. The van der Waals surface area contributed by atoms with E-state index in [1.165, 1.54) is 0 Å². The Bertz CT molecular complexity index is 310. The molecule has 0 spiro atoms. The summed E-state index contributed by atoms with van der Waals surface area (Å²) >= 11 is 0. The van der Waals surface area contributed by atoms with E-state index in [1.807, 2.05) is 6.92 Å². The number of nitrogens with one attached hydrogen (secondary N) is 1. The van der Waals surface area contributed by atoms with Gasteiger partial charge in [-0.25, -0.2) is 5.43 Å². The molecular weight excluding hydrogens is 194 g/mol. The van der Waals surface area contributed by atoms with Crippen LogP contribution in [0.1, 0.15) is 19.8 Å². The minimum absolute atomic E-state index is 0.127. The molecule has 0 saturated carbocycles. The fourth-order valence-corrected chi connectivity index (χ4v) is 1.32. The Labute approximate surface area is 88.8 Å². The zero-order valence-electron chi connectivity index (χ0n) is 8.82. The number of hydrazone groups is 1. The first-order valence-electron chi connectivity index (χ1n) is 4.94. The van der Waals surface area contributed by atoms with E-state index >= 15 is 0 Å². The molecule has 5 nitrogen and oxygen atoms in total. The summed E-state index contributed by atoms with van der Waals surface area (Å²) in [7, 11) is 0. The summed E-state index contributed by atoms with van der Waals surface area (Å²) in [5.41, 5.74) is 2.72. The van der Waals surface area contributed by atoms with Crippen LogP contribution in [0.5, 0.6) is 0 Å². The van der Waals surface area contributed by atoms with E-state index in [2.05, 4.69) is 17.1 Å². The molecule has 1 heterocycles. The van der Waals surface area contributed by atoms with E-state index in [1.54, 1.807) is 11.0 Å². The number of nitrogens with zero attached hydrogens (tertiary/aromatic N) is 2. The van der Waals surface area contributed by atoms with Gasteiger partial charge in [0.15, 0.2) is 0 Å². The van der Waals surface area contributed by atoms with Crippen molar-refractivity contribution in [1.29, 1.82) is 0 Å². The number of hydrogen-bond donors (Lipinski definition) is 1. The summed E-state index contributed by atoms with van der Waals surface area (Å²) in [6, 6.07) is 0. The highest BCUT2D eigenvalue weighted by molar-refractivity contribution is 6.39. The molecule has 0 aromatic rings. The summed E-state index contributed by atoms with van der Waals surface area (Å²) in [5.74, 6) is -0.268. The van der Waals surface area contributed by atoms with Crippen molar-refractivity contribution in [2.75, 3.05) is 13.1 Å². The van der Waals surface area contributed by atoms with Crippen LogP contribution in [0.15, 0.2) is 17.8 Å². The van der Waals surface area contributed by atoms with Crippen LogP contribution in [-0.4, -0.2) is 35.5 Å². The van der Waals surface area contributed by atoms with Crippen LogP contribution >= 0.6 is 0 Å². The predicted molar refractivity (Wildman–Crippen MR) is 57.3 cm³/mol. The van der Waals surface area contributed by atoms with E-state index < -0.39 is 0 Å². The molecule has 0 aliphatic carbocycles. The van der Waals surface area contributed by atoms with Gasteiger partial charge >= 0.3 is 0 Å². The number of carbonyl (C=O) groups excluding carboxylic acids is 2. The fraction of sp³-hybridized carbons (Fsp3) is 0.500. The molecule has 0 aromatic heterocycles. The molecule has 0 bridgehead atoms. The third-order valence-corrected chi connectivity index (χ3v) is 2.17. The fourth-order valence-electron chi connectivity index (χ4n) is 1.32. The van der Waals surface area contributed by atoms with Crippen molar-refractivity contribution in [3.63, 3.8) is 0 Å². The second-order valence-corrected chi connectivity index (χ2v) is 3.23. The van der Waals surface area contributed by atoms with Crippen molar-refractivity contribution >= 4 is 17.5 Å². The van der Waals surface area contributed by atoms with E-state index in [0.29, 0.717) is 31.6 Å². The van der Waals surface area contributed by atoms with E-state index in [0.717, 1.165) is 0 Å². The molecular formula is C10H15N3O2. The van der Waals surface area contributed by atoms with Gasteiger partial charge in [-0.1, -0.05) is 6.08 Å². The van der Waals surface area contributed by atoms with Crippen molar-refractivity contribution < 1.29 is 9.59 Å². The molecule has 1 N–H and O–H groups in total. The van der Waals surface area contributed by atoms with Crippen molar-refractivity contribution in [1.82, 2.24) is 10.3 Å². The highest BCUT2D eigenvalue weighted by atomic mass is 16.2.